The lowest BCUT2D eigenvalue weighted by molar-refractivity contribution is -0.134. The van der Waals surface area contributed by atoms with Gasteiger partial charge in [0.2, 0.25) is 5.91 Å². The van der Waals surface area contributed by atoms with Gasteiger partial charge in [0.25, 0.3) is 0 Å². The summed E-state index contributed by atoms with van der Waals surface area (Å²) < 4.78 is 26.3. The van der Waals surface area contributed by atoms with Crippen molar-refractivity contribution in [1.29, 1.82) is 0 Å². The van der Waals surface area contributed by atoms with Crippen LogP contribution in [0.1, 0.15) is 37.7 Å². The fourth-order valence-electron chi connectivity index (χ4n) is 3.45. The smallest absolute Gasteiger partial charge is 0.226 e. The van der Waals surface area contributed by atoms with Crippen LogP contribution in [-0.2, 0) is 4.79 Å². The molecule has 3 rings (SSSR count). The number of nitrogens with two attached hydrogens (primary N) is 1. The van der Waals surface area contributed by atoms with Crippen molar-refractivity contribution >= 4 is 5.91 Å². The maximum Gasteiger partial charge on any atom is 0.226 e. The summed E-state index contributed by atoms with van der Waals surface area (Å²) in [6, 6.07) is 4.03. The molecule has 0 aromatic heterocycles. The molecule has 1 aliphatic carbocycles. The molecular weight excluding hydrogens is 286 g/mol. The monoisotopic (exact) mass is 308 g/mol. The Kier molecular flexibility index (Phi) is 4.17. The minimum Gasteiger partial charge on any atom is -0.342 e. The summed E-state index contributed by atoms with van der Waals surface area (Å²) in [5.74, 6) is -1.25. The summed E-state index contributed by atoms with van der Waals surface area (Å²) in [6.07, 6.45) is 2.78. The standard InChI is InChI=1S/C17H22F2N2O/c1-10(20)12-3-2-6-21(9-12)17(22)14-8-13(14)11-4-5-15(18)16(19)7-11/h4-5,7,10,12-14H,2-3,6,8-9,20H2,1H3. The molecule has 1 heterocycles. The zero-order chi connectivity index (χ0) is 15.9. The molecular formula is C17H22F2N2O. The van der Waals surface area contributed by atoms with Crippen LogP contribution in [0.5, 0.6) is 0 Å². The average molecular weight is 308 g/mol. The van der Waals surface area contributed by atoms with E-state index in [1.54, 1.807) is 6.07 Å². The maximum atomic E-state index is 13.3. The molecule has 22 heavy (non-hydrogen) atoms. The zero-order valence-electron chi connectivity index (χ0n) is 12.8. The number of benzene rings is 1. The van der Waals surface area contributed by atoms with Gasteiger partial charge in [0.15, 0.2) is 11.6 Å². The quantitative estimate of drug-likeness (QED) is 0.933. The van der Waals surface area contributed by atoms with Crippen molar-refractivity contribution in [2.45, 2.75) is 38.1 Å². The van der Waals surface area contributed by atoms with Crippen LogP contribution in [0.25, 0.3) is 0 Å². The molecule has 2 aliphatic rings. The first kappa shape index (κ1) is 15.4. The molecule has 1 saturated heterocycles. The van der Waals surface area contributed by atoms with Crippen molar-refractivity contribution in [3.05, 3.63) is 35.4 Å². The Hall–Kier alpha value is -1.49. The number of rotatable bonds is 3. The maximum absolute atomic E-state index is 13.3. The summed E-state index contributed by atoms with van der Waals surface area (Å²) in [6.45, 7) is 3.49. The van der Waals surface area contributed by atoms with E-state index in [1.165, 1.54) is 6.07 Å². The van der Waals surface area contributed by atoms with E-state index >= 15 is 0 Å². The first-order chi connectivity index (χ1) is 10.5. The topological polar surface area (TPSA) is 46.3 Å². The highest BCUT2D eigenvalue weighted by Crippen LogP contribution is 2.49. The molecule has 1 aromatic carbocycles. The second-order valence-corrected chi connectivity index (χ2v) is 6.67. The number of hydrogen-bond acceptors (Lipinski definition) is 2. The molecule has 4 unspecified atom stereocenters. The minimum absolute atomic E-state index is 0.0262. The van der Waals surface area contributed by atoms with Crippen molar-refractivity contribution in [3.63, 3.8) is 0 Å². The third-order valence-corrected chi connectivity index (χ3v) is 4.99. The van der Waals surface area contributed by atoms with Crippen LogP contribution in [0.2, 0.25) is 0 Å². The number of amides is 1. The number of halogens is 2. The van der Waals surface area contributed by atoms with Gasteiger partial charge in [0, 0.05) is 25.0 Å². The molecule has 1 saturated carbocycles. The van der Waals surface area contributed by atoms with E-state index in [4.69, 9.17) is 5.73 Å². The van der Waals surface area contributed by atoms with Gasteiger partial charge < -0.3 is 10.6 Å². The molecule has 5 heteroatoms. The highest BCUT2D eigenvalue weighted by atomic mass is 19.2. The Bertz CT molecular complexity index is 576. The van der Waals surface area contributed by atoms with E-state index in [0.717, 1.165) is 44.0 Å². The van der Waals surface area contributed by atoms with Crippen molar-refractivity contribution in [2.75, 3.05) is 13.1 Å². The number of carbonyl (C=O) groups excluding carboxylic acids is 1. The Morgan fingerprint density at radius 2 is 2.14 bits per heavy atom. The lowest BCUT2D eigenvalue weighted by Crippen LogP contribution is -2.45. The van der Waals surface area contributed by atoms with E-state index in [9.17, 15) is 13.6 Å². The molecule has 4 atom stereocenters. The second kappa shape index (κ2) is 5.95. The largest absolute Gasteiger partial charge is 0.342 e. The van der Waals surface area contributed by atoms with Gasteiger partial charge in [-0.1, -0.05) is 6.07 Å². The van der Waals surface area contributed by atoms with Gasteiger partial charge in [-0.2, -0.15) is 0 Å². The number of likely N-dealkylation sites (tertiary alicyclic amines) is 1. The third kappa shape index (κ3) is 3.00. The van der Waals surface area contributed by atoms with Crippen molar-refractivity contribution in [2.24, 2.45) is 17.6 Å². The molecule has 0 spiro atoms. The van der Waals surface area contributed by atoms with Gasteiger partial charge in [0.1, 0.15) is 0 Å². The molecule has 2 N–H and O–H groups in total. The van der Waals surface area contributed by atoms with Gasteiger partial charge in [-0.3, -0.25) is 4.79 Å². The molecule has 0 bridgehead atoms. The summed E-state index contributed by atoms with van der Waals surface area (Å²) >= 11 is 0. The van der Waals surface area contributed by atoms with Crippen LogP contribution in [0.3, 0.4) is 0 Å². The molecule has 1 aromatic rings. The van der Waals surface area contributed by atoms with E-state index in [1.807, 2.05) is 11.8 Å². The molecule has 120 valence electrons. The van der Waals surface area contributed by atoms with E-state index in [0.29, 0.717) is 5.92 Å². The Labute approximate surface area is 129 Å². The molecule has 2 fully saturated rings. The molecule has 1 aliphatic heterocycles. The van der Waals surface area contributed by atoms with E-state index in [2.05, 4.69) is 0 Å². The Balaban J connectivity index is 1.63. The van der Waals surface area contributed by atoms with Crippen molar-refractivity contribution in [3.8, 4) is 0 Å². The van der Waals surface area contributed by atoms with Gasteiger partial charge in [-0.15, -0.1) is 0 Å². The predicted molar refractivity (Wildman–Crippen MR) is 80.2 cm³/mol. The first-order valence-corrected chi connectivity index (χ1v) is 7.96. The number of nitrogens with zero attached hydrogens (tertiary/aromatic N) is 1. The molecule has 3 nitrogen and oxygen atoms in total. The van der Waals surface area contributed by atoms with Crippen LogP contribution in [0.15, 0.2) is 18.2 Å². The Morgan fingerprint density at radius 1 is 1.36 bits per heavy atom. The van der Waals surface area contributed by atoms with Gasteiger partial charge in [-0.05, 0) is 55.7 Å². The summed E-state index contributed by atoms with van der Waals surface area (Å²) in [5.41, 5.74) is 6.68. The predicted octanol–water partition coefficient (Wildman–Crippen LogP) is 2.65. The van der Waals surface area contributed by atoms with Gasteiger partial charge >= 0.3 is 0 Å². The van der Waals surface area contributed by atoms with Crippen LogP contribution in [-0.4, -0.2) is 29.9 Å². The van der Waals surface area contributed by atoms with E-state index < -0.39 is 11.6 Å². The Morgan fingerprint density at radius 3 is 2.82 bits per heavy atom. The SMILES string of the molecule is CC(N)C1CCCN(C(=O)C2CC2c2ccc(F)c(F)c2)C1. The second-order valence-electron chi connectivity index (χ2n) is 6.67. The summed E-state index contributed by atoms with van der Waals surface area (Å²) in [4.78, 5) is 14.5. The van der Waals surface area contributed by atoms with Crippen LogP contribution in [0, 0.1) is 23.5 Å². The van der Waals surface area contributed by atoms with Crippen LogP contribution >= 0.6 is 0 Å². The van der Waals surface area contributed by atoms with E-state index in [-0.39, 0.29) is 23.8 Å². The lowest BCUT2D eigenvalue weighted by Gasteiger charge is -2.34. The van der Waals surface area contributed by atoms with Crippen molar-refractivity contribution < 1.29 is 13.6 Å². The number of carbonyl (C=O) groups is 1. The number of piperidine rings is 1. The highest BCUT2D eigenvalue weighted by molar-refractivity contribution is 5.83. The zero-order valence-corrected chi connectivity index (χ0v) is 12.8. The fourth-order valence-corrected chi connectivity index (χ4v) is 3.45. The van der Waals surface area contributed by atoms with Crippen LogP contribution < -0.4 is 5.73 Å². The van der Waals surface area contributed by atoms with Gasteiger partial charge in [-0.25, -0.2) is 8.78 Å². The van der Waals surface area contributed by atoms with Gasteiger partial charge in [0.05, 0.1) is 0 Å². The third-order valence-electron chi connectivity index (χ3n) is 4.99. The van der Waals surface area contributed by atoms with Crippen molar-refractivity contribution in [1.82, 2.24) is 4.90 Å². The summed E-state index contributed by atoms with van der Waals surface area (Å²) in [7, 11) is 0. The normalized spacial score (nSPS) is 29.3. The minimum atomic E-state index is -0.844. The first-order valence-electron chi connectivity index (χ1n) is 7.96. The highest BCUT2D eigenvalue weighted by Gasteiger charge is 2.46. The van der Waals surface area contributed by atoms with Crippen LogP contribution in [0.4, 0.5) is 8.78 Å². The fraction of sp³-hybridized carbons (Fsp3) is 0.588. The number of hydrogen-bond donors (Lipinski definition) is 1. The molecule has 1 amide bonds. The molecule has 0 radical (unpaired) electrons. The lowest BCUT2D eigenvalue weighted by atomic mass is 9.92. The summed E-state index contributed by atoms with van der Waals surface area (Å²) in [5, 5.41) is 0. The average Bonchev–Trinajstić information content (AvgIpc) is 3.30.